The minimum absolute atomic E-state index is 0.0957. The molecule has 0 aliphatic heterocycles. The van der Waals surface area contributed by atoms with Crippen molar-refractivity contribution in [1.29, 1.82) is 0 Å². The predicted octanol–water partition coefficient (Wildman–Crippen LogP) is 5.51. The van der Waals surface area contributed by atoms with Crippen molar-refractivity contribution in [2.24, 2.45) is 0 Å². The fourth-order valence-electron chi connectivity index (χ4n) is 3.44. The molecule has 0 aliphatic carbocycles. The van der Waals surface area contributed by atoms with Crippen LogP contribution in [0.25, 0.3) is 0 Å². The van der Waals surface area contributed by atoms with Gasteiger partial charge in [0, 0.05) is 19.4 Å². The molecule has 0 fully saturated rings. The van der Waals surface area contributed by atoms with E-state index in [0.29, 0.717) is 13.0 Å². The molecule has 31 heavy (non-hydrogen) atoms. The predicted molar refractivity (Wildman–Crippen MR) is 127 cm³/mol. The molecule has 1 atom stereocenters. The number of carboxylic acids is 1. The van der Waals surface area contributed by atoms with Crippen LogP contribution in [0.4, 0.5) is 0 Å². The first-order chi connectivity index (χ1) is 15.0. The average molecular weight is 439 g/mol. The van der Waals surface area contributed by atoms with Gasteiger partial charge in [-0.05, 0) is 45.4 Å². The maximum absolute atomic E-state index is 12.0. The van der Waals surface area contributed by atoms with Gasteiger partial charge in [0.2, 0.25) is 11.8 Å². The van der Waals surface area contributed by atoms with E-state index in [1.165, 1.54) is 51.4 Å². The lowest BCUT2D eigenvalue weighted by Crippen LogP contribution is -2.41. The highest BCUT2D eigenvalue weighted by molar-refractivity contribution is 5.84. The van der Waals surface area contributed by atoms with Gasteiger partial charge in [0.25, 0.3) is 0 Å². The first-order valence-corrected chi connectivity index (χ1v) is 12.4. The maximum Gasteiger partial charge on any atom is 0.326 e. The first kappa shape index (κ1) is 29.1. The Balaban J connectivity index is 3.64. The Hall–Kier alpha value is -1.85. The largest absolute Gasteiger partial charge is 0.480 e. The molecule has 0 saturated carbocycles. The van der Waals surface area contributed by atoms with Crippen molar-refractivity contribution in [3.05, 3.63) is 12.2 Å². The van der Waals surface area contributed by atoms with Crippen LogP contribution >= 0.6 is 0 Å². The second-order valence-electron chi connectivity index (χ2n) is 8.28. The fraction of sp³-hybridized carbons (Fsp3) is 0.800. The van der Waals surface area contributed by atoms with E-state index in [1.807, 2.05) is 6.92 Å². The van der Waals surface area contributed by atoms with E-state index in [0.717, 1.165) is 32.1 Å². The summed E-state index contributed by atoms with van der Waals surface area (Å²) in [6.45, 7) is 4.57. The van der Waals surface area contributed by atoms with E-state index in [-0.39, 0.29) is 24.7 Å². The summed E-state index contributed by atoms with van der Waals surface area (Å²) in [5.74, 6) is -1.54. The van der Waals surface area contributed by atoms with Crippen LogP contribution in [0, 0.1) is 0 Å². The van der Waals surface area contributed by atoms with E-state index < -0.39 is 12.0 Å². The lowest BCUT2D eigenvalue weighted by Gasteiger charge is -2.14. The molecule has 3 N–H and O–H groups in total. The number of carboxylic acid groups (broad SMARTS) is 1. The Morgan fingerprint density at radius 1 is 0.742 bits per heavy atom. The summed E-state index contributed by atoms with van der Waals surface area (Å²) in [6, 6.07) is -1.00. The van der Waals surface area contributed by atoms with E-state index >= 15 is 0 Å². The first-order valence-electron chi connectivity index (χ1n) is 12.4. The van der Waals surface area contributed by atoms with Gasteiger partial charge in [0.1, 0.15) is 6.04 Å². The number of carbonyl (C=O) groups is 3. The minimum atomic E-state index is -1.10. The monoisotopic (exact) mass is 438 g/mol. The van der Waals surface area contributed by atoms with E-state index in [2.05, 4.69) is 29.7 Å². The highest BCUT2D eigenvalue weighted by atomic mass is 16.4. The lowest BCUT2D eigenvalue weighted by atomic mass is 10.1. The molecule has 0 aromatic carbocycles. The van der Waals surface area contributed by atoms with Gasteiger partial charge < -0.3 is 15.7 Å². The van der Waals surface area contributed by atoms with Crippen molar-refractivity contribution in [2.45, 2.75) is 123 Å². The number of nitrogens with one attached hydrogen (secondary N) is 2. The molecule has 0 aromatic rings. The van der Waals surface area contributed by atoms with Crippen LogP contribution in [0.2, 0.25) is 0 Å². The number of hydrogen-bond acceptors (Lipinski definition) is 3. The smallest absolute Gasteiger partial charge is 0.326 e. The van der Waals surface area contributed by atoms with Gasteiger partial charge in [-0.2, -0.15) is 0 Å². The van der Waals surface area contributed by atoms with Crippen LogP contribution in [-0.2, 0) is 14.4 Å². The standard InChI is InChI=1S/C25H46N2O4/c1-3-5-6-7-8-9-10-11-12-13-14-15-16-17-18-19-24(29)27-22(25(30)31)20-21-23(28)26-4-2/h11-12,22H,3-10,13-21H2,1-2H3,(H,26,28)(H,27,29)(H,30,31). The Morgan fingerprint density at radius 3 is 1.84 bits per heavy atom. The van der Waals surface area contributed by atoms with E-state index in [9.17, 15) is 19.5 Å². The Bertz CT molecular complexity index is 506. The molecule has 0 aromatic heterocycles. The third-order valence-corrected chi connectivity index (χ3v) is 5.33. The summed E-state index contributed by atoms with van der Waals surface area (Å²) in [5.41, 5.74) is 0. The SMILES string of the molecule is CCCCCCCCC=CCCCCCCCC(=O)NC(CCC(=O)NCC)C(=O)O. The molecule has 0 rings (SSSR count). The molecule has 6 heteroatoms. The van der Waals surface area contributed by atoms with Crippen LogP contribution < -0.4 is 10.6 Å². The molecule has 180 valence electrons. The third-order valence-electron chi connectivity index (χ3n) is 5.33. The van der Waals surface area contributed by atoms with Crippen molar-refractivity contribution in [1.82, 2.24) is 10.6 Å². The zero-order chi connectivity index (χ0) is 23.2. The highest BCUT2D eigenvalue weighted by Gasteiger charge is 2.20. The van der Waals surface area contributed by atoms with Crippen LogP contribution in [0.15, 0.2) is 12.2 Å². The van der Waals surface area contributed by atoms with Gasteiger partial charge in [-0.3, -0.25) is 9.59 Å². The van der Waals surface area contributed by atoms with Crippen LogP contribution in [0.5, 0.6) is 0 Å². The van der Waals surface area contributed by atoms with Crippen molar-refractivity contribution in [3.8, 4) is 0 Å². The normalized spacial score (nSPS) is 12.1. The summed E-state index contributed by atoms with van der Waals surface area (Å²) >= 11 is 0. The second kappa shape index (κ2) is 21.4. The number of carbonyl (C=O) groups excluding carboxylic acids is 2. The molecule has 0 heterocycles. The van der Waals surface area contributed by atoms with Gasteiger partial charge in [-0.25, -0.2) is 4.79 Å². The van der Waals surface area contributed by atoms with Crippen LogP contribution in [-0.4, -0.2) is 35.5 Å². The fourth-order valence-corrected chi connectivity index (χ4v) is 3.44. The van der Waals surface area contributed by atoms with Crippen molar-refractivity contribution in [2.75, 3.05) is 6.54 Å². The van der Waals surface area contributed by atoms with Gasteiger partial charge in [0.15, 0.2) is 0 Å². The Morgan fingerprint density at radius 2 is 1.29 bits per heavy atom. The van der Waals surface area contributed by atoms with Gasteiger partial charge in [-0.15, -0.1) is 0 Å². The number of rotatable bonds is 21. The molecule has 0 bridgehead atoms. The summed E-state index contributed by atoms with van der Waals surface area (Å²) in [5, 5.41) is 14.4. The zero-order valence-electron chi connectivity index (χ0n) is 19.9. The van der Waals surface area contributed by atoms with Crippen molar-refractivity contribution in [3.63, 3.8) is 0 Å². The maximum atomic E-state index is 12.0. The molecule has 2 amide bonds. The average Bonchev–Trinajstić information content (AvgIpc) is 2.73. The molecule has 0 aliphatic rings. The topological polar surface area (TPSA) is 95.5 Å². The molecule has 0 radical (unpaired) electrons. The van der Waals surface area contributed by atoms with Crippen molar-refractivity contribution >= 4 is 17.8 Å². The van der Waals surface area contributed by atoms with Gasteiger partial charge >= 0.3 is 5.97 Å². The lowest BCUT2D eigenvalue weighted by molar-refractivity contribution is -0.142. The molecular weight excluding hydrogens is 392 g/mol. The molecule has 1 unspecified atom stereocenters. The number of allylic oxidation sites excluding steroid dienone is 2. The second-order valence-corrected chi connectivity index (χ2v) is 8.28. The minimum Gasteiger partial charge on any atom is -0.480 e. The summed E-state index contributed by atoms with van der Waals surface area (Å²) in [7, 11) is 0. The molecule has 0 spiro atoms. The summed E-state index contributed by atoms with van der Waals surface area (Å²) in [6.07, 6.45) is 20.7. The molecule has 6 nitrogen and oxygen atoms in total. The van der Waals surface area contributed by atoms with Crippen molar-refractivity contribution < 1.29 is 19.5 Å². The number of amides is 2. The quantitative estimate of drug-likeness (QED) is 0.163. The Kier molecular flexibility index (Phi) is 20.1. The van der Waals surface area contributed by atoms with E-state index in [1.54, 1.807) is 0 Å². The summed E-state index contributed by atoms with van der Waals surface area (Å²) in [4.78, 5) is 34.7. The number of aliphatic carboxylic acids is 1. The third kappa shape index (κ3) is 19.8. The zero-order valence-corrected chi connectivity index (χ0v) is 19.9. The highest BCUT2D eigenvalue weighted by Crippen LogP contribution is 2.10. The van der Waals surface area contributed by atoms with Gasteiger partial charge in [0.05, 0.1) is 0 Å². The van der Waals surface area contributed by atoms with Gasteiger partial charge in [-0.1, -0.05) is 70.4 Å². The van der Waals surface area contributed by atoms with E-state index in [4.69, 9.17) is 0 Å². The number of unbranched alkanes of at least 4 members (excludes halogenated alkanes) is 11. The molecular formula is C25H46N2O4. The van der Waals surface area contributed by atoms with Crippen LogP contribution in [0.3, 0.4) is 0 Å². The summed E-state index contributed by atoms with van der Waals surface area (Å²) < 4.78 is 0. The Labute approximate surface area is 189 Å². The molecule has 0 saturated heterocycles. The number of hydrogen-bond donors (Lipinski definition) is 3. The van der Waals surface area contributed by atoms with Crippen LogP contribution in [0.1, 0.15) is 117 Å².